The first-order valence-electron chi connectivity index (χ1n) is 10.8. The van der Waals surface area contributed by atoms with Crippen LogP contribution in [-0.2, 0) is 11.0 Å². The number of benzene rings is 1. The van der Waals surface area contributed by atoms with Crippen LogP contribution >= 0.6 is 0 Å². The third-order valence-corrected chi connectivity index (χ3v) is 7.95. The largest absolute Gasteiger partial charge is 0.213 e. The van der Waals surface area contributed by atoms with Crippen LogP contribution in [0.25, 0.3) is 11.3 Å². The molecule has 26 heavy (non-hydrogen) atoms. The maximum absolute atomic E-state index is 2.66. The summed E-state index contributed by atoms with van der Waals surface area (Å²) in [5.41, 5.74) is 8.22. The van der Waals surface area contributed by atoms with Crippen LogP contribution in [0.3, 0.4) is 0 Å². The van der Waals surface area contributed by atoms with E-state index in [1.165, 1.54) is 55.3 Å². The Balaban J connectivity index is 1.67. The van der Waals surface area contributed by atoms with E-state index < -0.39 is 0 Å². The topological polar surface area (TPSA) is 3.88 Å². The van der Waals surface area contributed by atoms with Crippen molar-refractivity contribution >= 4 is 0 Å². The van der Waals surface area contributed by atoms with E-state index in [2.05, 4.69) is 68.8 Å². The highest BCUT2D eigenvalue weighted by Gasteiger charge is 2.76. The number of pyridine rings is 1. The lowest BCUT2D eigenvalue weighted by Gasteiger charge is -2.29. The molecule has 4 atom stereocenters. The molecule has 4 unspecified atom stereocenters. The summed E-state index contributed by atoms with van der Waals surface area (Å²) in [6, 6.07) is 12.2. The first-order chi connectivity index (χ1) is 12.6. The maximum atomic E-state index is 2.66. The average Bonchev–Trinajstić information content (AvgIpc) is 3.55. The minimum absolute atomic E-state index is 0.307. The summed E-state index contributed by atoms with van der Waals surface area (Å²) in [6.45, 7) is 9.34. The zero-order chi connectivity index (χ0) is 18.1. The summed E-state index contributed by atoms with van der Waals surface area (Å²) in [5.74, 6) is 1.75. The molecule has 0 radical (unpaired) electrons. The summed E-state index contributed by atoms with van der Waals surface area (Å²) in [7, 11) is 0. The van der Waals surface area contributed by atoms with Crippen LogP contribution in [0.1, 0.15) is 81.9 Å². The minimum atomic E-state index is 0.307. The van der Waals surface area contributed by atoms with Crippen molar-refractivity contribution < 1.29 is 4.57 Å². The van der Waals surface area contributed by atoms with Gasteiger partial charge >= 0.3 is 0 Å². The third-order valence-electron chi connectivity index (χ3n) is 7.95. The minimum Gasteiger partial charge on any atom is -0.192 e. The first-order valence-corrected chi connectivity index (χ1v) is 10.8. The van der Waals surface area contributed by atoms with E-state index in [-0.39, 0.29) is 0 Å². The van der Waals surface area contributed by atoms with Crippen LogP contribution in [0.2, 0.25) is 0 Å². The molecule has 5 rings (SSSR count). The Labute approximate surface area is 158 Å². The van der Waals surface area contributed by atoms with Gasteiger partial charge in [0.15, 0.2) is 11.7 Å². The monoisotopic (exact) mass is 346 g/mol. The molecule has 1 aromatic heterocycles. The van der Waals surface area contributed by atoms with Crippen LogP contribution in [0.15, 0.2) is 36.5 Å². The number of fused-ring (bicyclic) bond motifs is 6. The van der Waals surface area contributed by atoms with Gasteiger partial charge in [-0.05, 0) is 54.9 Å². The summed E-state index contributed by atoms with van der Waals surface area (Å²) in [4.78, 5) is 0. The second-order valence-corrected chi connectivity index (χ2v) is 9.16. The molecule has 2 heterocycles. The molecule has 3 aliphatic rings. The molecule has 0 amide bonds. The summed E-state index contributed by atoms with van der Waals surface area (Å²) in [5, 5.41) is 0. The lowest BCUT2D eigenvalue weighted by Crippen LogP contribution is -2.54. The van der Waals surface area contributed by atoms with Crippen LogP contribution in [0.5, 0.6) is 0 Å². The van der Waals surface area contributed by atoms with Crippen molar-refractivity contribution in [2.45, 2.75) is 83.1 Å². The smallest absolute Gasteiger partial charge is 0.192 e. The van der Waals surface area contributed by atoms with Gasteiger partial charge in [-0.3, -0.25) is 0 Å². The fourth-order valence-corrected chi connectivity index (χ4v) is 6.34. The van der Waals surface area contributed by atoms with E-state index in [0.717, 1.165) is 11.8 Å². The number of nitrogens with zero attached hydrogens (tertiary/aromatic N) is 1. The second kappa shape index (κ2) is 5.44. The second-order valence-electron chi connectivity index (χ2n) is 9.16. The fourth-order valence-electron chi connectivity index (χ4n) is 6.34. The lowest BCUT2D eigenvalue weighted by molar-refractivity contribution is -0.736. The van der Waals surface area contributed by atoms with Crippen LogP contribution in [0.4, 0.5) is 0 Å². The zero-order valence-electron chi connectivity index (χ0n) is 16.8. The molecule has 1 nitrogen and oxygen atoms in total. The number of hydrogen-bond donors (Lipinski definition) is 0. The van der Waals surface area contributed by atoms with E-state index in [1.807, 2.05) is 0 Å². The quantitative estimate of drug-likeness (QED) is 0.583. The van der Waals surface area contributed by atoms with Gasteiger partial charge < -0.3 is 0 Å². The molecular formula is C25H32N+. The Morgan fingerprint density at radius 3 is 2.65 bits per heavy atom. The molecule has 0 saturated heterocycles. The first kappa shape index (κ1) is 16.5. The number of rotatable bonds is 5. The van der Waals surface area contributed by atoms with Gasteiger partial charge in [0.2, 0.25) is 5.69 Å². The number of hydrogen-bond acceptors (Lipinski definition) is 0. The van der Waals surface area contributed by atoms with Crippen molar-refractivity contribution in [2.24, 2.45) is 5.92 Å². The lowest BCUT2D eigenvalue weighted by atomic mass is 9.79. The van der Waals surface area contributed by atoms with E-state index >= 15 is 0 Å². The molecular weight excluding hydrogens is 314 g/mol. The summed E-state index contributed by atoms with van der Waals surface area (Å²) >= 11 is 0. The highest BCUT2D eigenvalue weighted by molar-refractivity contribution is 5.69. The Hall–Kier alpha value is -1.63. The predicted octanol–water partition coefficient (Wildman–Crippen LogP) is 6.02. The predicted molar refractivity (Wildman–Crippen MR) is 107 cm³/mol. The Morgan fingerprint density at radius 1 is 1.08 bits per heavy atom. The molecule has 2 fully saturated rings. The van der Waals surface area contributed by atoms with Crippen molar-refractivity contribution in [3.63, 3.8) is 0 Å². The van der Waals surface area contributed by atoms with Gasteiger partial charge in [-0.1, -0.05) is 45.7 Å². The van der Waals surface area contributed by atoms with Crippen molar-refractivity contribution in [3.8, 4) is 11.3 Å². The SMILES string of the molecule is CCCC1CC1c1ccc2c(c1)-c1ccc(C)c[n+]1C1(CC)CC21CC. The molecule has 1 aliphatic heterocycles. The van der Waals surface area contributed by atoms with Gasteiger partial charge in [-0.15, -0.1) is 0 Å². The normalized spacial score (nSPS) is 33.2. The molecule has 0 spiro atoms. The van der Waals surface area contributed by atoms with Crippen molar-refractivity contribution in [1.29, 1.82) is 0 Å². The molecule has 1 heteroatoms. The Kier molecular flexibility index (Phi) is 3.46. The van der Waals surface area contributed by atoms with Gasteiger partial charge in [-0.25, -0.2) is 0 Å². The Bertz CT molecular complexity index is 882. The third kappa shape index (κ3) is 1.95. The average molecular weight is 347 g/mol. The van der Waals surface area contributed by atoms with Gasteiger partial charge in [-0.2, -0.15) is 4.57 Å². The zero-order valence-corrected chi connectivity index (χ0v) is 16.8. The highest BCUT2D eigenvalue weighted by Crippen LogP contribution is 2.67. The van der Waals surface area contributed by atoms with Gasteiger partial charge in [0.1, 0.15) is 0 Å². The molecule has 1 aromatic carbocycles. The number of aryl methyl sites for hydroxylation is 1. The fraction of sp³-hybridized carbons (Fsp3) is 0.560. The van der Waals surface area contributed by atoms with Gasteiger partial charge in [0, 0.05) is 24.5 Å². The van der Waals surface area contributed by atoms with Crippen LogP contribution in [0, 0.1) is 12.8 Å². The highest BCUT2D eigenvalue weighted by atomic mass is 15.2. The summed E-state index contributed by atoms with van der Waals surface area (Å²) in [6.07, 6.45) is 10.3. The Morgan fingerprint density at radius 2 is 1.92 bits per heavy atom. The number of aromatic nitrogens is 1. The van der Waals surface area contributed by atoms with Gasteiger partial charge in [0.05, 0.1) is 11.0 Å². The molecule has 0 N–H and O–H groups in total. The maximum Gasteiger partial charge on any atom is 0.213 e. The van der Waals surface area contributed by atoms with E-state index in [0.29, 0.717) is 11.0 Å². The molecule has 2 saturated carbocycles. The van der Waals surface area contributed by atoms with Crippen LogP contribution < -0.4 is 4.57 Å². The van der Waals surface area contributed by atoms with Crippen molar-refractivity contribution in [3.05, 3.63) is 53.2 Å². The molecule has 136 valence electrons. The van der Waals surface area contributed by atoms with Crippen molar-refractivity contribution in [2.75, 3.05) is 0 Å². The summed E-state index contributed by atoms with van der Waals surface area (Å²) < 4.78 is 2.66. The van der Waals surface area contributed by atoms with E-state index in [1.54, 1.807) is 11.1 Å². The van der Waals surface area contributed by atoms with E-state index in [9.17, 15) is 0 Å². The van der Waals surface area contributed by atoms with Gasteiger partial charge in [0.25, 0.3) is 0 Å². The van der Waals surface area contributed by atoms with Crippen molar-refractivity contribution in [1.82, 2.24) is 0 Å². The standard InChI is InChI=1S/C25H32N/c1-5-8-18-13-20(18)19-10-11-22-21(14-19)23-12-9-17(4)15-26(23)25(7-3)16-24(22,25)6-2/h9-12,14-15,18,20H,5-8,13,16H2,1-4H3/q+1. The molecule has 2 aliphatic carbocycles. The van der Waals surface area contributed by atoms with E-state index in [4.69, 9.17) is 0 Å². The van der Waals surface area contributed by atoms with Crippen LogP contribution in [-0.4, -0.2) is 0 Å². The molecule has 2 aromatic rings. The molecule has 0 bridgehead atoms.